The summed E-state index contributed by atoms with van der Waals surface area (Å²) in [6.07, 6.45) is 2.19. The van der Waals surface area contributed by atoms with Gasteiger partial charge < -0.3 is 19.2 Å². The van der Waals surface area contributed by atoms with Crippen LogP contribution < -0.4 is 14.8 Å². The van der Waals surface area contributed by atoms with Crippen LogP contribution in [0.3, 0.4) is 0 Å². The summed E-state index contributed by atoms with van der Waals surface area (Å²) < 4.78 is 41.7. The van der Waals surface area contributed by atoms with Crippen LogP contribution in [0.25, 0.3) is 0 Å². The molecule has 180 valence electrons. The minimum atomic E-state index is -3.83. The van der Waals surface area contributed by atoms with Crippen molar-refractivity contribution in [3.05, 3.63) is 72.0 Å². The van der Waals surface area contributed by atoms with E-state index in [9.17, 15) is 13.2 Å². The van der Waals surface area contributed by atoms with Crippen LogP contribution in [0.5, 0.6) is 11.5 Å². The first-order valence-corrected chi connectivity index (χ1v) is 12.6. The number of ether oxygens (including phenoxy) is 2. The van der Waals surface area contributed by atoms with Gasteiger partial charge in [0, 0.05) is 6.54 Å². The number of methoxy groups -OCH3 is 2. The Morgan fingerprint density at radius 2 is 1.71 bits per heavy atom. The molecule has 1 fully saturated rings. The van der Waals surface area contributed by atoms with Crippen molar-refractivity contribution < 1.29 is 27.1 Å². The lowest BCUT2D eigenvalue weighted by Gasteiger charge is -2.28. The monoisotopic (exact) mass is 484 g/mol. The minimum absolute atomic E-state index is 0.0537. The van der Waals surface area contributed by atoms with E-state index in [1.807, 2.05) is 18.2 Å². The zero-order valence-corrected chi connectivity index (χ0v) is 20.0. The molecule has 1 saturated heterocycles. The van der Waals surface area contributed by atoms with E-state index < -0.39 is 15.7 Å². The standard InChI is InChI=1S/C25H28N2O6S/c1-31-21-11-10-18(16-23(21)32-2)20(27-14-6-7-15-27)17-26-25(28)22-12-13-24(33-22)34(29,30)19-8-4-3-5-9-19/h3-5,8-13,16,20H,6-7,14-15,17H2,1-2H3,(H,26,28). The average Bonchev–Trinajstić information content (AvgIpc) is 3.58. The molecule has 0 bridgehead atoms. The summed E-state index contributed by atoms with van der Waals surface area (Å²) in [5.41, 5.74) is 0.992. The summed E-state index contributed by atoms with van der Waals surface area (Å²) in [4.78, 5) is 15.3. The summed E-state index contributed by atoms with van der Waals surface area (Å²) in [5.74, 6) is 0.733. The second-order valence-corrected chi connectivity index (χ2v) is 9.90. The number of sulfone groups is 1. The number of nitrogens with zero attached hydrogens (tertiary/aromatic N) is 1. The number of nitrogens with one attached hydrogen (secondary N) is 1. The van der Waals surface area contributed by atoms with Gasteiger partial charge in [0.1, 0.15) is 0 Å². The fraction of sp³-hybridized carbons (Fsp3) is 0.320. The van der Waals surface area contributed by atoms with E-state index in [1.165, 1.54) is 24.3 Å². The fourth-order valence-corrected chi connectivity index (χ4v) is 5.34. The van der Waals surface area contributed by atoms with Gasteiger partial charge >= 0.3 is 0 Å². The number of likely N-dealkylation sites (tertiary alicyclic amines) is 1. The summed E-state index contributed by atoms with van der Waals surface area (Å²) >= 11 is 0. The smallest absolute Gasteiger partial charge is 0.287 e. The second kappa shape index (κ2) is 10.3. The van der Waals surface area contributed by atoms with Gasteiger partial charge in [-0.1, -0.05) is 24.3 Å². The molecule has 0 radical (unpaired) electrons. The first-order valence-electron chi connectivity index (χ1n) is 11.1. The number of amides is 1. The molecule has 8 nitrogen and oxygen atoms in total. The highest BCUT2D eigenvalue weighted by Crippen LogP contribution is 2.33. The molecule has 1 aliphatic heterocycles. The maximum Gasteiger partial charge on any atom is 0.287 e. The number of furan rings is 1. The summed E-state index contributed by atoms with van der Waals surface area (Å²) in [5, 5.41) is 2.64. The van der Waals surface area contributed by atoms with E-state index in [-0.39, 0.29) is 21.8 Å². The Bertz CT molecular complexity index is 1230. The maximum atomic E-state index is 12.8. The quantitative estimate of drug-likeness (QED) is 0.495. The first-order chi connectivity index (χ1) is 16.4. The normalized spacial score (nSPS) is 15.1. The van der Waals surface area contributed by atoms with Crippen LogP contribution in [0.1, 0.15) is 35.0 Å². The van der Waals surface area contributed by atoms with Crippen molar-refractivity contribution in [2.45, 2.75) is 28.9 Å². The Hall–Kier alpha value is -3.30. The molecular weight excluding hydrogens is 456 g/mol. The number of carbonyl (C=O) groups excluding carboxylic acids is 1. The van der Waals surface area contributed by atoms with Gasteiger partial charge in [-0.05, 0) is 67.9 Å². The van der Waals surface area contributed by atoms with Crippen molar-refractivity contribution in [1.82, 2.24) is 10.2 Å². The van der Waals surface area contributed by atoms with Gasteiger partial charge in [-0.15, -0.1) is 0 Å². The molecule has 34 heavy (non-hydrogen) atoms. The van der Waals surface area contributed by atoms with Crippen LogP contribution in [-0.2, 0) is 9.84 Å². The van der Waals surface area contributed by atoms with Crippen molar-refractivity contribution in [1.29, 1.82) is 0 Å². The van der Waals surface area contributed by atoms with Gasteiger partial charge in [0.05, 0.1) is 25.2 Å². The third-order valence-electron chi connectivity index (χ3n) is 5.95. The SMILES string of the molecule is COc1ccc(C(CNC(=O)c2ccc(S(=O)(=O)c3ccccc3)o2)N2CCCC2)cc1OC. The average molecular weight is 485 g/mol. The molecule has 1 atom stereocenters. The van der Waals surface area contributed by atoms with E-state index in [0.29, 0.717) is 18.0 Å². The molecule has 1 N–H and O–H groups in total. The minimum Gasteiger partial charge on any atom is -0.493 e. The molecular formula is C25H28N2O6S. The van der Waals surface area contributed by atoms with Gasteiger partial charge in [-0.3, -0.25) is 9.69 Å². The molecule has 9 heteroatoms. The summed E-state index contributed by atoms with van der Waals surface area (Å²) in [6.45, 7) is 2.18. The zero-order valence-electron chi connectivity index (χ0n) is 19.2. The highest BCUT2D eigenvalue weighted by Gasteiger charge is 2.27. The molecule has 1 aliphatic rings. The third-order valence-corrected chi connectivity index (χ3v) is 7.60. The Labute approximate surface area is 199 Å². The number of benzene rings is 2. The maximum absolute atomic E-state index is 12.8. The predicted octanol–water partition coefficient (Wildman–Crippen LogP) is 3.70. The Morgan fingerprint density at radius 1 is 1.00 bits per heavy atom. The van der Waals surface area contributed by atoms with E-state index in [4.69, 9.17) is 13.9 Å². The first kappa shape index (κ1) is 23.8. The van der Waals surface area contributed by atoms with Gasteiger partial charge in [0.2, 0.25) is 14.9 Å². The molecule has 2 heterocycles. The highest BCUT2D eigenvalue weighted by molar-refractivity contribution is 7.91. The van der Waals surface area contributed by atoms with Gasteiger partial charge in [-0.2, -0.15) is 0 Å². The molecule has 1 aromatic heterocycles. The molecule has 0 aliphatic carbocycles. The van der Waals surface area contributed by atoms with Crippen LogP contribution in [0, 0.1) is 0 Å². The molecule has 4 rings (SSSR count). The number of carbonyl (C=O) groups is 1. The molecule has 0 spiro atoms. The van der Waals surface area contributed by atoms with Crippen LogP contribution in [0.4, 0.5) is 0 Å². The molecule has 3 aromatic rings. The van der Waals surface area contributed by atoms with Gasteiger partial charge in [0.25, 0.3) is 5.91 Å². The molecule has 1 unspecified atom stereocenters. The van der Waals surface area contributed by atoms with Crippen LogP contribution in [0.2, 0.25) is 0 Å². The summed E-state index contributed by atoms with van der Waals surface area (Å²) in [7, 11) is -0.656. The Morgan fingerprint density at radius 3 is 2.38 bits per heavy atom. The summed E-state index contributed by atoms with van der Waals surface area (Å²) in [6, 6.07) is 16.3. The topological polar surface area (TPSA) is 98.1 Å². The van der Waals surface area contributed by atoms with Crippen molar-refractivity contribution in [2.24, 2.45) is 0 Å². The van der Waals surface area contributed by atoms with Crippen LogP contribution >= 0.6 is 0 Å². The predicted molar refractivity (Wildman–Crippen MR) is 126 cm³/mol. The van der Waals surface area contributed by atoms with Crippen LogP contribution in [-0.4, -0.2) is 53.1 Å². The Balaban J connectivity index is 1.51. The lowest BCUT2D eigenvalue weighted by Crippen LogP contribution is -2.36. The van der Waals surface area contributed by atoms with E-state index in [0.717, 1.165) is 31.5 Å². The molecule has 1 amide bonds. The highest BCUT2D eigenvalue weighted by atomic mass is 32.2. The van der Waals surface area contributed by atoms with Gasteiger partial charge in [-0.25, -0.2) is 8.42 Å². The van der Waals surface area contributed by atoms with Crippen molar-refractivity contribution in [2.75, 3.05) is 33.9 Å². The molecule has 2 aromatic carbocycles. The second-order valence-electron chi connectivity index (χ2n) is 8.02. The van der Waals surface area contributed by atoms with Crippen molar-refractivity contribution in [3.8, 4) is 11.5 Å². The number of hydrogen-bond acceptors (Lipinski definition) is 7. The third kappa shape index (κ3) is 4.95. The van der Waals surface area contributed by atoms with Crippen molar-refractivity contribution in [3.63, 3.8) is 0 Å². The zero-order chi connectivity index (χ0) is 24.1. The lowest BCUT2D eigenvalue weighted by molar-refractivity contribution is 0.0905. The fourth-order valence-electron chi connectivity index (χ4n) is 4.15. The van der Waals surface area contributed by atoms with Gasteiger partial charge in [0.15, 0.2) is 17.3 Å². The largest absolute Gasteiger partial charge is 0.493 e. The van der Waals surface area contributed by atoms with Crippen LogP contribution in [0.15, 0.2) is 75.1 Å². The number of hydrogen-bond donors (Lipinski definition) is 1. The number of rotatable bonds is 9. The van der Waals surface area contributed by atoms with E-state index >= 15 is 0 Å². The Kier molecular flexibility index (Phi) is 7.23. The van der Waals surface area contributed by atoms with E-state index in [1.54, 1.807) is 32.4 Å². The molecule has 0 saturated carbocycles. The van der Waals surface area contributed by atoms with E-state index in [2.05, 4.69) is 10.2 Å². The van der Waals surface area contributed by atoms with Crippen molar-refractivity contribution >= 4 is 15.7 Å². The lowest BCUT2D eigenvalue weighted by atomic mass is 10.0.